The molecule has 7 heteroatoms. The molecule has 0 fully saturated rings. The lowest BCUT2D eigenvalue weighted by atomic mass is 10.2. The van der Waals surface area contributed by atoms with E-state index in [0.717, 1.165) is 5.56 Å². The number of nitrogens with two attached hydrogens (primary N) is 1. The van der Waals surface area contributed by atoms with E-state index in [9.17, 15) is 4.79 Å². The minimum Gasteiger partial charge on any atom is -0.409 e. The summed E-state index contributed by atoms with van der Waals surface area (Å²) in [6.07, 6.45) is 4.00. The van der Waals surface area contributed by atoms with Gasteiger partial charge in [0, 0.05) is 39.0 Å². The Labute approximate surface area is 118 Å². The maximum atomic E-state index is 12.1. The van der Waals surface area contributed by atoms with Crippen molar-refractivity contribution in [2.75, 3.05) is 20.3 Å². The Bertz CT molecular complexity index is 437. The number of pyridine rings is 1. The lowest BCUT2D eigenvalue weighted by Gasteiger charge is -2.22. The number of aromatic nitrogens is 1. The highest BCUT2D eigenvalue weighted by atomic mass is 16.5. The Kier molecular flexibility index (Phi) is 7.05. The lowest BCUT2D eigenvalue weighted by molar-refractivity contribution is -0.132. The summed E-state index contributed by atoms with van der Waals surface area (Å²) in [6.45, 7) is 1.19. The molecule has 110 valence electrons. The molecule has 0 bridgehead atoms. The van der Waals surface area contributed by atoms with Gasteiger partial charge in [-0.1, -0.05) is 11.2 Å². The topological polar surface area (TPSA) is 101 Å². The molecule has 0 spiro atoms. The molecule has 0 radical (unpaired) electrons. The van der Waals surface area contributed by atoms with Crippen LogP contribution in [-0.4, -0.2) is 47.1 Å². The van der Waals surface area contributed by atoms with Gasteiger partial charge < -0.3 is 20.6 Å². The SMILES string of the molecule is COCCC(=O)N(CCC(N)=NO)Cc1cccnc1. The smallest absolute Gasteiger partial charge is 0.225 e. The van der Waals surface area contributed by atoms with E-state index in [1.165, 1.54) is 0 Å². The molecule has 1 aromatic heterocycles. The Hall–Kier alpha value is -2.15. The van der Waals surface area contributed by atoms with Gasteiger partial charge in [0.15, 0.2) is 0 Å². The summed E-state index contributed by atoms with van der Waals surface area (Å²) in [7, 11) is 1.55. The standard InChI is InChI=1S/C13H20N4O3/c1-20-8-5-13(18)17(7-4-12(14)16-19)10-11-3-2-6-15-9-11/h2-3,6,9,19H,4-5,7-8,10H2,1H3,(H2,14,16). The zero-order valence-electron chi connectivity index (χ0n) is 11.5. The molecule has 0 aliphatic carbocycles. The fraction of sp³-hybridized carbons (Fsp3) is 0.462. The number of ether oxygens (including phenoxy) is 1. The van der Waals surface area contributed by atoms with Gasteiger partial charge in [-0.2, -0.15) is 0 Å². The quantitative estimate of drug-likeness (QED) is 0.314. The van der Waals surface area contributed by atoms with Crippen molar-refractivity contribution in [3.8, 4) is 0 Å². The van der Waals surface area contributed by atoms with E-state index in [1.54, 1.807) is 24.4 Å². The third-order valence-electron chi connectivity index (χ3n) is 2.74. The highest BCUT2D eigenvalue weighted by Gasteiger charge is 2.14. The maximum absolute atomic E-state index is 12.1. The summed E-state index contributed by atoms with van der Waals surface area (Å²) >= 11 is 0. The first kappa shape index (κ1) is 15.9. The van der Waals surface area contributed by atoms with Crippen molar-refractivity contribution in [2.45, 2.75) is 19.4 Å². The number of amidine groups is 1. The minimum atomic E-state index is -0.0403. The van der Waals surface area contributed by atoms with Crippen LogP contribution >= 0.6 is 0 Å². The first-order chi connectivity index (χ1) is 9.67. The number of rotatable bonds is 8. The van der Waals surface area contributed by atoms with E-state index in [4.69, 9.17) is 15.7 Å². The number of amides is 1. The molecule has 0 aliphatic heterocycles. The van der Waals surface area contributed by atoms with Gasteiger partial charge in [-0.3, -0.25) is 9.78 Å². The van der Waals surface area contributed by atoms with Crippen LogP contribution in [0.2, 0.25) is 0 Å². The molecule has 0 unspecified atom stereocenters. The summed E-state index contributed by atoms with van der Waals surface area (Å²) < 4.78 is 4.91. The number of oxime groups is 1. The molecule has 20 heavy (non-hydrogen) atoms. The second-order valence-electron chi connectivity index (χ2n) is 4.26. The van der Waals surface area contributed by atoms with Gasteiger partial charge in [-0.05, 0) is 11.6 Å². The van der Waals surface area contributed by atoms with E-state index < -0.39 is 0 Å². The van der Waals surface area contributed by atoms with Crippen molar-refractivity contribution < 1.29 is 14.7 Å². The third-order valence-corrected chi connectivity index (χ3v) is 2.74. The predicted octanol–water partition coefficient (Wildman–Crippen LogP) is 0.583. The van der Waals surface area contributed by atoms with Crippen LogP contribution in [0.3, 0.4) is 0 Å². The van der Waals surface area contributed by atoms with Crippen LogP contribution in [0.5, 0.6) is 0 Å². The van der Waals surface area contributed by atoms with Crippen molar-refractivity contribution in [2.24, 2.45) is 10.9 Å². The first-order valence-corrected chi connectivity index (χ1v) is 6.29. The zero-order valence-corrected chi connectivity index (χ0v) is 11.5. The minimum absolute atomic E-state index is 0.0403. The number of hydrogen-bond donors (Lipinski definition) is 2. The lowest BCUT2D eigenvalue weighted by Crippen LogP contribution is -2.34. The molecule has 7 nitrogen and oxygen atoms in total. The second-order valence-corrected chi connectivity index (χ2v) is 4.26. The molecule has 0 atom stereocenters. The predicted molar refractivity (Wildman–Crippen MR) is 74.2 cm³/mol. The van der Waals surface area contributed by atoms with Crippen LogP contribution in [0.4, 0.5) is 0 Å². The van der Waals surface area contributed by atoms with Gasteiger partial charge in [0.2, 0.25) is 5.91 Å². The summed E-state index contributed by atoms with van der Waals surface area (Å²) in [5, 5.41) is 11.5. The van der Waals surface area contributed by atoms with Crippen LogP contribution in [0.25, 0.3) is 0 Å². The molecular weight excluding hydrogens is 260 g/mol. The zero-order chi connectivity index (χ0) is 14.8. The summed E-state index contributed by atoms with van der Waals surface area (Å²) in [4.78, 5) is 17.8. The molecular formula is C13H20N4O3. The summed E-state index contributed by atoms with van der Waals surface area (Å²) in [6, 6.07) is 3.71. The molecule has 1 amide bonds. The van der Waals surface area contributed by atoms with Crippen molar-refractivity contribution in [1.29, 1.82) is 0 Å². The van der Waals surface area contributed by atoms with E-state index >= 15 is 0 Å². The molecule has 0 saturated carbocycles. The van der Waals surface area contributed by atoms with E-state index in [-0.39, 0.29) is 11.7 Å². The van der Waals surface area contributed by atoms with E-state index in [2.05, 4.69) is 10.1 Å². The van der Waals surface area contributed by atoms with Crippen molar-refractivity contribution >= 4 is 11.7 Å². The fourth-order valence-electron chi connectivity index (χ4n) is 1.65. The first-order valence-electron chi connectivity index (χ1n) is 6.29. The largest absolute Gasteiger partial charge is 0.409 e. The number of carbonyl (C=O) groups is 1. The monoisotopic (exact) mass is 280 g/mol. The third kappa shape index (κ3) is 5.66. The van der Waals surface area contributed by atoms with Gasteiger partial charge >= 0.3 is 0 Å². The van der Waals surface area contributed by atoms with Crippen molar-refractivity contribution in [1.82, 2.24) is 9.88 Å². The Balaban J connectivity index is 2.65. The van der Waals surface area contributed by atoms with E-state index in [1.807, 2.05) is 12.1 Å². The van der Waals surface area contributed by atoms with Crippen molar-refractivity contribution in [3.63, 3.8) is 0 Å². The van der Waals surface area contributed by atoms with Crippen LogP contribution < -0.4 is 5.73 Å². The molecule has 0 saturated heterocycles. The molecule has 0 aromatic carbocycles. The highest BCUT2D eigenvalue weighted by Crippen LogP contribution is 2.06. The summed E-state index contributed by atoms with van der Waals surface area (Å²) in [5.41, 5.74) is 6.37. The highest BCUT2D eigenvalue weighted by molar-refractivity contribution is 5.81. The van der Waals surface area contributed by atoms with Crippen LogP contribution in [0.15, 0.2) is 29.7 Å². The van der Waals surface area contributed by atoms with Crippen LogP contribution in [0, 0.1) is 0 Å². The number of methoxy groups -OCH3 is 1. The second kappa shape index (κ2) is 8.87. The molecule has 1 heterocycles. The van der Waals surface area contributed by atoms with Crippen LogP contribution in [0.1, 0.15) is 18.4 Å². The molecule has 1 rings (SSSR count). The fourth-order valence-corrected chi connectivity index (χ4v) is 1.65. The maximum Gasteiger partial charge on any atom is 0.225 e. The number of nitrogens with zero attached hydrogens (tertiary/aromatic N) is 3. The van der Waals surface area contributed by atoms with Crippen LogP contribution in [-0.2, 0) is 16.1 Å². The molecule has 1 aromatic rings. The van der Waals surface area contributed by atoms with Gasteiger partial charge in [0.1, 0.15) is 5.84 Å². The van der Waals surface area contributed by atoms with Gasteiger partial charge in [0.05, 0.1) is 13.0 Å². The van der Waals surface area contributed by atoms with Gasteiger partial charge in [-0.15, -0.1) is 0 Å². The average molecular weight is 280 g/mol. The average Bonchev–Trinajstić information content (AvgIpc) is 2.49. The van der Waals surface area contributed by atoms with Crippen molar-refractivity contribution in [3.05, 3.63) is 30.1 Å². The Morgan fingerprint density at radius 1 is 1.55 bits per heavy atom. The summed E-state index contributed by atoms with van der Waals surface area (Å²) in [5.74, 6) is 0.0576. The van der Waals surface area contributed by atoms with Gasteiger partial charge in [0.25, 0.3) is 0 Å². The molecule has 0 aliphatic rings. The normalized spacial score (nSPS) is 11.3. The van der Waals surface area contributed by atoms with E-state index in [0.29, 0.717) is 32.5 Å². The Morgan fingerprint density at radius 3 is 2.95 bits per heavy atom. The number of carbonyl (C=O) groups excluding carboxylic acids is 1. The molecule has 3 N–H and O–H groups in total. The number of hydrogen-bond acceptors (Lipinski definition) is 5. The Morgan fingerprint density at radius 2 is 2.35 bits per heavy atom. The van der Waals surface area contributed by atoms with Gasteiger partial charge in [-0.25, -0.2) is 0 Å².